The number of benzene rings is 1. The van der Waals surface area contributed by atoms with Crippen molar-refractivity contribution in [3.63, 3.8) is 0 Å². The molecule has 0 bridgehead atoms. The maximum absolute atomic E-state index is 10.6. The summed E-state index contributed by atoms with van der Waals surface area (Å²) in [4.78, 5) is 10.6. The van der Waals surface area contributed by atoms with Gasteiger partial charge < -0.3 is 15.3 Å². The maximum atomic E-state index is 10.6. The van der Waals surface area contributed by atoms with Gasteiger partial charge in [-0.2, -0.15) is 0 Å². The molecule has 1 unspecified atom stereocenters. The molecule has 4 nitrogen and oxygen atoms in total. The Balaban J connectivity index is 2.23. The quantitative estimate of drug-likeness (QED) is 0.700. The summed E-state index contributed by atoms with van der Waals surface area (Å²) < 4.78 is 0. The minimum absolute atomic E-state index is 0.211. The summed E-state index contributed by atoms with van der Waals surface area (Å²) in [5, 5.41) is 28.1. The van der Waals surface area contributed by atoms with Crippen LogP contribution in [-0.2, 0) is 17.6 Å². The molecule has 1 atom stereocenters. The molecule has 1 aliphatic carbocycles. The molecule has 1 aliphatic rings. The van der Waals surface area contributed by atoms with Crippen LogP contribution in [0.1, 0.15) is 24.0 Å². The van der Waals surface area contributed by atoms with E-state index in [4.69, 9.17) is 5.11 Å². The van der Waals surface area contributed by atoms with Crippen molar-refractivity contribution in [2.75, 3.05) is 0 Å². The molecule has 0 aliphatic heterocycles. The lowest BCUT2D eigenvalue weighted by Gasteiger charge is -2.32. The number of carboxylic acid groups (broad SMARTS) is 1. The fourth-order valence-electron chi connectivity index (χ4n) is 2.26. The van der Waals surface area contributed by atoms with Crippen LogP contribution in [0.4, 0.5) is 0 Å². The predicted octanol–water partition coefficient (Wildman–Crippen LogP) is 1.09. The number of aryl methyl sites for hydroxylation is 1. The number of carbonyl (C=O) groups is 1. The van der Waals surface area contributed by atoms with E-state index in [0.717, 1.165) is 11.1 Å². The van der Waals surface area contributed by atoms with E-state index in [-0.39, 0.29) is 12.2 Å². The zero-order valence-electron chi connectivity index (χ0n) is 8.81. The third-order valence-corrected chi connectivity index (χ3v) is 3.05. The van der Waals surface area contributed by atoms with Gasteiger partial charge in [0.25, 0.3) is 0 Å². The van der Waals surface area contributed by atoms with Crippen LogP contribution >= 0.6 is 0 Å². The van der Waals surface area contributed by atoms with Crippen molar-refractivity contribution >= 4 is 5.97 Å². The van der Waals surface area contributed by atoms with Crippen LogP contribution in [0.5, 0.6) is 5.75 Å². The van der Waals surface area contributed by atoms with Crippen molar-refractivity contribution in [1.29, 1.82) is 0 Å². The van der Waals surface area contributed by atoms with Gasteiger partial charge in [-0.3, -0.25) is 4.79 Å². The summed E-state index contributed by atoms with van der Waals surface area (Å²) in [5.74, 6) is -0.771. The van der Waals surface area contributed by atoms with Gasteiger partial charge in [-0.05, 0) is 36.1 Å². The first-order valence-electron chi connectivity index (χ1n) is 5.23. The van der Waals surface area contributed by atoms with Gasteiger partial charge in [0, 0.05) is 6.42 Å². The zero-order chi connectivity index (χ0) is 11.8. The first-order chi connectivity index (χ1) is 7.48. The molecule has 0 heterocycles. The van der Waals surface area contributed by atoms with Crippen molar-refractivity contribution in [2.45, 2.75) is 31.3 Å². The predicted molar refractivity (Wildman–Crippen MR) is 57.3 cm³/mol. The lowest BCUT2D eigenvalue weighted by Crippen LogP contribution is -2.38. The third kappa shape index (κ3) is 2.17. The van der Waals surface area contributed by atoms with Crippen LogP contribution in [0, 0.1) is 0 Å². The largest absolute Gasteiger partial charge is 0.508 e. The minimum Gasteiger partial charge on any atom is -0.508 e. The maximum Gasteiger partial charge on any atom is 0.306 e. The van der Waals surface area contributed by atoms with Crippen LogP contribution < -0.4 is 0 Å². The van der Waals surface area contributed by atoms with E-state index in [1.807, 2.05) is 0 Å². The van der Waals surface area contributed by atoms with Crippen molar-refractivity contribution in [3.8, 4) is 5.75 Å². The summed E-state index contributed by atoms with van der Waals surface area (Å²) in [6.45, 7) is 0. The molecule has 0 saturated heterocycles. The monoisotopic (exact) mass is 222 g/mol. The average molecular weight is 222 g/mol. The van der Waals surface area contributed by atoms with Gasteiger partial charge in [0.15, 0.2) is 0 Å². The number of rotatable bonds is 2. The molecule has 16 heavy (non-hydrogen) atoms. The van der Waals surface area contributed by atoms with Crippen LogP contribution in [0.2, 0.25) is 0 Å². The van der Waals surface area contributed by atoms with Crippen LogP contribution in [0.25, 0.3) is 0 Å². The highest BCUT2D eigenvalue weighted by molar-refractivity contribution is 5.68. The number of carboxylic acids is 1. The molecule has 0 radical (unpaired) electrons. The van der Waals surface area contributed by atoms with Gasteiger partial charge in [-0.15, -0.1) is 0 Å². The van der Waals surface area contributed by atoms with Gasteiger partial charge in [0.2, 0.25) is 0 Å². The Bertz CT molecular complexity index is 427. The van der Waals surface area contributed by atoms with E-state index in [2.05, 4.69) is 0 Å². The second-order valence-electron chi connectivity index (χ2n) is 4.42. The number of aromatic hydroxyl groups is 1. The Hall–Kier alpha value is -1.55. The Morgan fingerprint density at radius 2 is 2.12 bits per heavy atom. The summed E-state index contributed by atoms with van der Waals surface area (Å²) in [6, 6.07) is 4.98. The van der Waals surface area contributed by atoms with E-state index in [1.165, 1.54) is 0 Å². The Labute approximate surface area is 93.2 Å². The van der Waals surface area contributed by atoms with Crippen LogP contribution in [-0.4, -0.2) is 26.9 Å². The van der Waals surface area contributed by atoms with Gasteiger partial charge in [0.1, 0.15) is 5.75 Å². The summed E-state index contributed by atoms with van der Waals surface area (Å²) in [7, 11) is 0. The number of hydrogen-bond acceptors (Lipinski definition) is 3. The summed E-state index contributed by atoms with van der Waals surface area (Å²) >= 11 is 0. The molecule has 4 heteroatoms. The molecule has 1 aromatic rings. The standard InChI is InChI=1S/C12H14O4/c13-10-2-1-9-6-12(16,7-11(14)15)4-3-8(9)5-10/h1-2,5,13,16H,3-4,6-7H2,(H,14,15). The number of phenolic OH excluding ortho intramolecular Hbond substituents is 1. The molecule has 0 fully saturated rings. The zero-order valence-corrected chi connectivity index (χ0v) is 8.81. The highest BCUT2D eigenvalue weighted by Crippen LogP contribution is 2.32. The highest BCUT2D eigenvalue weighted by Gasteiger charge is 2.34. The van der Waals surface area contributed by atoms with Crippen LogP contribution in [0.15, 0.2) is 18.2 Å². The lowest BCUT2D eigenvalue weighted by molar-refractivity contribution is -0.143. The van der Waals surface area contributed by atoms with Crippen molar-refractivity contribution in [1.82, 2.24) is 0 Å². The Morgan fingerprint density at radius 1 is 1.38 bits per heavy atom. The highest BCUT2D eigenvalue weighted by atomic mass is 16.4. The summed E-state index contributed by atoms with van der Waals surface area (Å²) in [6.07, 6.45) is 1.14. The molecule has 0 spiro atoms. The summed E-state index contributed by atoms with van der Waals surface area (Å²) in [5.41, 5.74) is 0.776. The normalized spacial score (nSPS) is 23.8. The van der Waals surface area contributed by atoms with Gasteiger partial charge in [-0.1, -0.05) is 6.07 Å². The molecule has 86 valence electrons. The van der Waals surface area contributed by atoms with E-state index >= 15 is 0 Å². The molecule has 1 aromatic carbocycles. The van der Waals surface area contributed by atoms with E-state index in [1.54, 1.807) is 18.2 Å². The van der Waals surface area contributed by atoms with Gasteiger partial charge >= 0.3 is 5.97 Å². The molecule has 0 amide bonds. The Kier molecular flexibility index (Phi) is 2.59. The van der Waals surface area contributed by atoms with E-state index in [0.29, 0.717) is 19.3 Å². The third-order valence-electron chi connectivity index (χ3n) is 3.05. The molecule has 0 saturated carbocycles. The second-order valence-corrected chi connectivity index (χ2v) is 4.42. The number of fused-ring (bicyclic) bond motifs is 1. The topological polar surface area (TPSA) is 77.8 Å². The molecular formula is C12H14O4. The fraction of sp³-hybridized carbons (Fsp3) is 0.417. The van der Waals surface area contributed by atoms with Crippen molar-refractivity contribution in [2.24, 2.45) is 0 Å². The van der Waals surface area contributed by atoms with E-state index in [9.17, 15) is 15.0 Å². The SMILES string of the molecule is O=C(O)CC1(O)CCc2cc(O)ccc2C1. The first kappa shape index (κ1) is 11.0. The second kappa shape index (κ2) is 3.79. The smallest absolute Gasteiger partial charge is 0.306 e. The number of phenols is 1. The molecule has 3 N–H and O–H groups in total. The molecule has 2 rings (SSSR count). The van der Waals surface area contributed by atoms with Crippen LogP contribution in [0.3, 0.4) is 0 Å². The van der Waals surface area contributed by atoms with Crippen molar-refractivity contribution < 1.29 is 20.1 Å². The minimum atomic E-state index is -1.14. The van der Waals surface area contributed by atoms with E-state index < -0.39 is 11.6 Å². The van der Waals surface area contributed by atoms with Gasteiger partial charge in [0.05, 0.1) is 12.0 Å². The number of aliphatic carboxylic acids is 1. The van der Waals surface area contributed by atoms with Gasteiger partial charge in [-0.25, -0.2) is 0 Å². The lowest BCUT2D eigenvalue weighted by atomic mass is 9.78. The first-order valence-corrected chi connectivity index (χ1v) is 5.23. The van der Waals surface area contributed by atoms with Crippen molar-refractivity contribution in [3.05, 3.63) is 29.3 Å². The number of aliphatic hydroxyl groups is 1. The Morgan fingerprint density at radius 3 is 2.81 bits per heavy atom. The fourth-order valence-corrected chi connectivity index (χ4v) is 2.26. The molecule has 0 aromatic heterocycles. The average Bonchev–Trinajstić information content (AvgIpc) is 2.17. The number of hydrogen-bond donors (Lipinski definition) is 3. The molecular weight excluding hydrogens is 208 g/mol.